The van der Waals surface area contributed by atoms with Crippen LogP contribution in [0.1, 0.15) is 19.8 Å². The van der Waals surface area contributed by atoms with Crippen LogP contribution in [0.2, 0.25) is 0 Å². The summed E-state index contributed by atoms with van der Waals surface area (Å²) in [5.41, 5.74) is 0. The molecule has 1 unspecified atom stereocenters. The van der Waals surface area contributed by atoms with E-state index in [1.54, 1.807) is 0 Å². The third-order valence-electron chi connectivity index (χ3n) is 1.95. The van der Waals surface area contributed by atoms with Crippen LogP contribution in [-0.2, 0) is 0 Å². The molecule has 56 valence electrons. The summed E-state index contributed by atoms with van der Waals surface area (Å²) in [6.07, 6.45) is 2.64. The lowest BCUT2D eigenvalue weighted by Crippen LogP contribution is -2.24. The quantitative estimate of drug-likeness (QED) is 0.574. The van der Waals surface area contributed by atoms with Gasteiger partial charge in [-0.2, -0.15) is 5.26 Å². The molecule has 0 aliphatic carbocycles. The lowest BCUT2D eigenvalue weighted by molar-refractivity contribution is 0.314. The largest absolute Gasteiger partial charge is 0.302 e. The topological polar surface area (TPSA) is 27.0 Å². The Labute approximate surface area is 62.4 Å². The van der Waals surface area contributed by atoms with E-state index in [9.17, 15) is 0 Å². The van der Waals surface area contributed by atoms with Crippen molar-refractivity contribution in [2.45, 2.75) is 19.8 Å². The Bertz CT molecular complexity index is 131. The van der Waals surface area contributed by atoms with Crippen molar-refractivity contribution in [3.8, 4) is 6.07 Å². The molecule has 1 heterocycles. The van der Waals surface area contributed by atoms with Crippen molar-refractivity contribution < 1.29 is 0 Å². The second kappa shape index (κ2) is 3.58. The Balaban J connectivity index is 2.19. The summed E-state index contributed by atoms with van der Waals surface area (Å²) in [5.74, 6) is 0.207. The van der Waals surface area contributed by atoms with E-state index in [1.165, 1.54) is 25.9 Å². The highest BCUT2D eigenvalue weighted by Gasteiger charge is 2.13. The van der Waals surface area contributed by atoms with E-state index in [4.69, 9.17) is 5.26 Å². The summed E-state index contributed by atoms with van der Waals surface area (Å²) in [5, 5.41) is 8.52. The van der Waals surface area contributed by atoms with Gasteiger partial charge in [-0.05, 0) is 32.9 Å². The van der Waals surface area contributed by atoms with Gasteiger partial charge in [-0.3, -0.25) is 0 Å². The molecule has 1 rings (SSSR count). The van der Waals surface area contributed by atoms with Crippen LogP contribution in [0.15, 0.2) is 0 Å². The Kier molecular flexibility index (Phi) is 2.70. The monoisotopic (exact) mass is 138 g/mol. The molecule has 0 saturated carbocycles. The molecule has 10 heavy (non-hydrogen) atoms. The molecule has 0 aromatic rings. The standard InChI is InChI=1S/C8H14N2/c1-8(6-9)7-10-4-2-3-5-10/h8H,2-5,7H2,1H3. The summed E-state index contributed by atoms with van der Waals surface area (Å²) in [4.78, 5) is 2.37. The van der Waals surface area contributed by atoms with Crippen molar-refractivity contribution in [3.63, 3.8) is 0 Å². The van der Waals surface area contributed by atoms with Gasteiger partial charge in [0.2, 0.25) is 0 Å². The van der Waals surface area contributed by atoms with Gasteiger partial charge in [0.1, 0.15) is 0 Å². The number of hydrogen-bond donors (Lipinski definition) is 0. The van der Waals surface area contributed by atoms with Crippen molar-refractivity contribution in [3.05, 3.63) is 0 Å². The Hall–Kier alpha value is -0.550. The molecule has 0 bridgehead atoms. The van der Waals surface area contributed by atoms with Gasteiger partial charge in [-0.15, -0.1) is 0 Å². The molecule has 0 N–H and O–H groups in total. The number of hydrogen-bond acceptors (Lipinski definition) is 2. The first-order valence-corrected chi connectivity index (χ1v) is 3.95. The highest BCUT2D eigenvalue weighted by molar-refractivity contribution is 4.82. The van der Waals surface area contributed by atoms with E-state index in [1.807, 2.05) is 6.92 Å². The molecule has 0 aromatic carbocycles. The molecule has 0 aromatic heterocycles. The van der Waals surface area contributed by atoms with E-state index in [0.29, 0.717) is 0 Å². The van der Waals surface area contributed by atoms with Gasteiger partial charge in [0.05, 0.1) is 12.0 Å². The van der Waals surface area contributed by atoms with Crippen molar-refractivity contribution in [2.75, 3.05) is 19.6 Å². The fourth-order valence-electron chi connectivity index (χ4n) is 1.39. The molecule has 1 fully saturated rings. The minimum Gasteiger partial charge on any atom is -0.302 e. The highest BCUT2D eigenvalue weighted by atomic mass is 15.1. The molecule has 0 amide bonds. The van der Waals surface area contributed by atoms with Crippen LogP contribution in [0, 0.1) is 17.2 Å². The SMILES string of the molecule is CC(C#N)CN1CCCC1. The molecule has 1 atom stereocenters. The van der Waals surface area contributed by atoms with Gasteiger partial charge in [0.25, 0.3) is 0 Å². The minimum absolute atomic E-state index is 0.207. The van der Waals surface area contributed by atoms with Crippen LogP contribution < -0.4 is 0 Å². The first kappa shape index (κ1) is 7.56. The van der Waals surface area contributed by atoms with Gasteiger partial charge in [0.15, 0.2) is 0 Å². The summed E-state index contributed by atoms with van der Waals surface area (Å²) in [6, 6.07) is 2.25. The Morgan fingerprint density at radius 1 is 1.50 bits per heavy atom. The summed E-state index contributed by atoms with van der Waals surface area (Å²) >= 11 is 0. The molecule has 2 heteroatoms. The molecule has 1 aliphatic heterocycles. The fourth-order valence-corrected chi connectivity index (χ4v) is 1.39. The molecule has 0 radical (unpaired) electrons. The summed E-state index contributed by atoms with van der Waals surface area (Å²) < 4.78 is 0. The molecular formula is C8H14N2. The van der Waals surface area contributed by atoms with Gasteiger partial charge >= 0.3 is 0 Å². The summed E-state index contributed by atoms with van der Waals surface area (Å²) in [6.45, 7) is 5.35. The van der Waals surface area contributed by atoms with Crippen LogP contribution >= 0.6 is 0 Å². The lowest BCUT2D eigenvalue weighted by atomic mass is 10.2. The van der Waals surface area contributed by atoms with Gasteiger partial charge in [0, 0.05) is 6.54 Å². The smallest absolute Gasteiger partial charge is 0.0666 e. The Morgan fingerprint density at radius 3 is 2.60 bits per heavy atom. The summed E-state index contributed by atoms with van der Waals surface area (Å²) in [7, 11) is 0. The minimum atomic E-state index is 0.207. The second-order valence-electron chi connectivity index (χ2n) is 3.04. The average Bonchev–Trinajstić information content (AvgIpc) is 2.40. The van der Waals surface area contributed by atoms with Crippen LogP contribution in [0.4, 0.5) is 0 Å². The number of rotatable bonds is 2. The average molecular weight is 138 g/mol. The zero-order valence-electron chi connectivity index (χ0n) is 6.51. The van der Waals surface area contributed by atoms with E-state index < -0.39 is 0 Å². The van der Waals surface area contributed by atoms with Gasteiger partial charge in [-0.25, -0.2) is 0 Å². The molecular weight excluding hydrogens is 124 g/mol. The van der Waals surface area contributed by atoms with Crippen molar-refractivity contribution in [1.29, 1.82) is 5.26 Å². The molecule has 1 aliphatic rings. The van der Waals surface area contributed by atoms with Crippen LogP contribution in [-0.4, -0.2) is 24.5 Å². The van der Waals surface area contributed by atoms with E-state index in [2.05, 4.69) is 11.0 Å². The number of nitrogens with zero attached hydrogens (tertiary/aromatic N) is 2. The van der Waals surface area contributed by atoms with E-state index >= 15 is 0 Å². The number of nitriles is 1. The fraction of sp³-hybridized carbons (Fsp3) is 0.875. The van der Waals surface area contributed by atoms with Gasteiger partial charge < -0.3 is 4.90 Å². The molecule has 0 spiro atoms. The maximum absolute atomic E-state index is 8.52. The van der Waals surface area contributed by atoms with Crippen molar-refractivity contribution in [1.82, 2.24) is 4.90 Å². The lowest BCUT2D eigenvalue weighted by Gasteiger charge is -2.14. The van der Waals surface area contributed by atoms with Gasteiger partial charge in [-0.1, -0.05) is 0 Å². The van der Waals surface area contributed by atoms with Crippen LogP contribution in [0.5, 0.6) is 0 Å². The third-order valence-corrected chi connectivity index (χ3v) is 1.95. The zero-order chi connectivity index (χ0) is 7.40. The third kappa shape index (κ3) is 2.00. The van der Waals surface area contributed by atoms with Crippen molar-refractivity contribution >= 4 is 0 Å². The first-order chi connectivity index (χ1) is 4.83. The van der Waals surface area contributed by atoms with Crippen molar-refractivity contribution in [2.24, 2.45) is 5.92 Å². The van der Waals surface area contributed by atoms with E-state index in [0.717, 1.165) is 6.54 Å². The normalized spacial score (nSPS) is 22.4. The van der Waals surface area contributed by atoms with E-state index in [-0.39, 0.29) is 5.92 Å². The predicted molar refractivity (Wildman–Crippen MR) is 40.5 cm³/mol. The van der Waals surface area contributed by atoms with Crippen LogP contribution in [0.3, 0.4) is 0 Å². The molecule has 1 saturated heterocycles. The van der Waals surface area contributed by atoms with Crippen LogP contribution in [0.25, 0.3) is 0 Å². The molecule has 2 nitrogen and oxygen atoms in total. The maximum atomic E-state index is 8.52. The zero-order valence-corrected chi connectivity index (χ0v) is 6.51. The second-order valence-corrected chi connectivity index (χ2v) is 3.04. The predicted octanol–water partition coefficient (Wildman–Crippen LogP) is 1.24. The first-order valence-electron chi connectivity index (χ1n) is 3.95. The Morgan fingerprint density at radius 2 is 2.10 bits per heavy atom. The highest BCUT2D eigenvalue weighted by Crippen LogP contribution is 2.09. The number of likely N-dealkylation sites (tertiary alicyclic amines) is 1. The maximum Gasteiger partial charge on any atom is 0.0666 e.